The molecule has 18 heavy (non-hydrogen) atoms. The average molecular weight is 249 g/mol. The quantitative estimate of drug-likeness (QED) is 0.898. The number of nitrogens with zero attached hydrogens (tertiary/aromatic N) is 2. The number of imidazole rings is 1. The van der Waals surface area contributed by atoms with Gasteiger partial charge in [0.2, 0.25) is 5.95 Å². The molecule has 2 N–H and O–H groups in total. The van der Waals surface area contributed by atoms with Crippen molar-refractivity contribution in [3.05, 3.63) is 24.0 Å². The van der Waals surface area contributed by atoms with Crippen LogP contribution < -0.4 is 5.73 Å². The predicted octanol–water partition coefficient (Wildman–Crippen LogP) is 3.68. The van der Waals surface area contributed by atoms with E-state index in [4.69, 9.17) is 5.73 Å². The van der Waals surface area contributed by atoms with Gasteiger partial charge in [-0.05, 0) is 31.4 Å². The molecule has 3 nitrogen and oxygen atoms in total. The van der Waals surface area contributed by atoms with Gasteiger partial charge in [-0.15, -0.1) is 0 Å². The third kappa shape index (κ3) is 1.76. The van der Waals surface area contributed by atoms with E-state index in [0.29, 0.717) is 11.5 Å². The lowest BCUT2D eigenvalue weighted by Gasteiger charge is -2.33. The van der Waals surface area contributed by atoms with E-state index in [2.05, 4.69) is 30.3 Å². The highest BCUT2D eigenvalue weighted by Gasteiger charge is 2.29. The number of halogens is 1. The summed E-state index contributed by atoms with van der Waals surface area (Å²) in [6.07, 6.45) is 2.94. The average Bonchev–Trinajstić information content (AvgIpc) is 2.69. The zero-order valence-electron chi connectivity index (χ0n) is 11.2. The zero-order chi connectivity index (χ0) is 13.3. The minimum atomic E-state index is -0.276. The molecular formula is C14H20FN3. The Morgan fingerprint density at radius 2 is 1.83 bits per heavy atom. The van der Waals surface area contributed by atoms with Crippen molar-refractivity contribution in [3.8, 4) is 0 Å². The summed E-state index contributed by atoms with van der Waals surface area (Å²) in [5.41, 5.74) is 7.56. The van der Waals surface area contributed by atoms with Crippen molar-refractivity contribution in [2.45, 2.75) is 45.6 Å². The minimum Gasteiger partial charge on any atom is -0.369 e. The molecular weight excluding hydrogens is 229 g/mol. The van der Waals surface area contributed by atoms with Gasteiger partial charge < -0.3 is 10.3 Å². The molecule has 4 heteroatoms. The molecule has 0 bridgehead atoms. The third-order valence-corrected chi connectivity index (χ3v) is 4.09. The van der Waals surface area contributed by atoms with Crippen LogP contribution in [0.15, 0.2) is 18.2 Å². The molecule has 0 amide bonds. The summed E-state index contributed by atoms with van der Waals surface area (Å²) in [7, 11) is 0. The summed E-state index contributed by atoms with van der Waals surface area (Å²) in [5.74, 6) is 0.198. The SMILES string of the molecule is CCC(CC)(CC)n1c(N)nc2cc(F)ccc21. The van der Waals surface area contributed by atoms with E-state index >= 15 is 0 Å². The van der Waals surface area contributed by atoms with Crippen molar-refractivity contribution < 1.29 is 4.39 Å². The van der Waals surface area contributed by atoms with Crippen LogP contribution in [-0.4, -0.2) is 9.55 Å². The molecule has 0 atom stereocenters. The van der Waals surface area contributed by atoms with Crippen LogP contribution in [0.4, 0.5) is 10.3 Å². The molecule has 0 saturated heterocycles. The van der Waals surface area contributed by atoms with Gasteiger partial charge in [-0.3, -0.25) is 0 Å². The highest BCUT2D eigenvalue weighted by atomic mass is 19.1. The van der Waals surface area contributed by atoms with Crippen molar-refractivity contribution >= 4 is 17.0 Å². The fourth-order valence-electron chi connectivity index (χ4n) is 2.79. The van der Waals surface area contributed by atoms with Crippen LogP contribution in [0.1, 0.15) is 40.0 Å². The number of benzene rings is 1. The van der Waals surface area contributed by atoms with Gasteiger partial charge in [-0.25, -0.2) is 9.37 Å². The maximum atomic E-state index is 13.2. The lowest BCUT2D eigenvalue weighted by atomic mass is 9.89. The number of aromatic nitrogens is 2. The monoisotopic (exact) mass is 249 g/mol. The van der Waals surface area contributed by atoms with E-state index in [-0.39, 0.29) is 11.4 Å². The fraction of sp³-hybridized carbons (Fsp3) is 0.500. The van der Waals surface area contributed by atoms with Gasteiger partial charge in [0.05, 0.1) is 11.0 Å². The molecule has 0 unspecified atom stereocenters. The minimum absolute atomic E-state index is 0.0311. The Hall–Kier alpha value is -1.58. The molecule has 2 aromatic rings. The highest BCUT2D eigenvalue weighted by molar-refractivity contribution is 5.78. The standard InChI is InChI=1S/C14H20FN3/c1-4-14(5-2,6-3)18-12-8-7-10(15)9-11(12)17-13(18)16/h7-9H,4-6H2,1-3H3,(H2,16,17). The van der Waals surface area contributed by atoms with Gasteiger partial charge in [-0.1, -0.05) is 20.8 Å². The molecule has 0 aliphatic carbocycles. The molecule has 1 heterocycles. The summed E-state index contributed by atoms with van der Waals surface area (Å²) in [6, 6.07) is 4.67. The van der Waals surface area contributed by atoms with Crippen LogP contribution in [0.3, 0.4) is 0 Å². The highest BCUT2D eigenvalue weighted by Crippen LogP contribution is 2.35. The molecule has 2 rings (SSSR count). The second kappa shape index (κ2) is 4.59. The number of anilines is 1. The molecule has 1 aromatic heterocycles. The van der Waals surface area contributed by atoms with Gasteiger partial charge in [-0.2, -0.15) is 0 Å². The molecule has 0 aliphatic heterocycles. The maximum absolute atomic E-state index is 13.2. The van der Waals surface area contributed by atoms with E-state index < -0.39 is 0 Å². The van der Waals surface area contributed by atoms with Crippen LogP contribution in [-0.2, 0) is 5.54 Å². The first-order valence-corrected chi connectivity index (χ1v) is 6.52. The smallest absolute Gasteiger partial charge is 0.201 e. The summed E-state index contributed by atoms with van der Waals surface area (Å²) in [5, 5.41) is 0. The number of nitrogens with two attached hydrogens (primary N) is 1. The van der Waals surface area contributed by atoms with Crippen LogP contribution in [0, 0.1) is 5.82 Å². The van der Waals surface area contributed by atoms with E-state index in [9.17, 15) is 4.39 Å². The molecule has 0 fully saturated rings. The number of hydrogen-bond acceptors (Lipinski definition) is 2. The molecule has 0 radical (unpaired) electrons. The Kier molecular flexibility index (Phi) is 3.28. The maximum Gasteiger partial charge on any atom is 0.201 e. The van der Waals surface area contributed by atoms with Gasteiger partial charge in [0.25, 0.3) is 0 Å². The van der Waals surface area contributed by atoms with E-state index in [1.54, 1.807) is 6.07 Å². The summed E-state index contributed by atoms with van der Waals surface area (Å²) < 4.78 is 15.3. The van der Waals surface area contributed by atoms with Crippen LogP contribution >= 0.6 is 0 Å². The van der Waals surface area contributed by atoms with Crippen LogP contribution in [0.25, 0.3) is 11.0 Å². The predicted molar refractivity (Wildman–Crippen MR) is 73.0 cm³/mol. The third-order valence-electron chi connectivity index (χ3n) is 4.09. The fourth-order valence-corrected chi connectivity index (χ4v) is 2.79. The Bertz CT molecular complexity index is 547. The topological polar surface area (TPSA) is 43.8 Å². The van der Waals surface area contributed by atoms with Gasteiger partial charge in [0.1, 0.15) is 5.82 Å². The lowest BCUT2D eigenvalue weighted by molar-refractivity contribution is 0.262. The number of fused-ring (bicyclic) bond motifs is 1. The lowest BCUT2D eigenvalue weighted by Crippen LogP contribution is -2.32. The normalized spacial score (nSPS) is 12.2. The Balaban J connectivity index is 2.73. The van der Waals surface area contributed by atoms with Crippen molar-refractivity contribution in [2.24, 2.45) is 0 Å². The van der Waals surface area contributed by atoms with Crippen LogP contribution in [0.5, 0.6) is 0 Å². The number of hydrogen-bond donors (Lipinski definition) is 1. The Labute approximate surface area is 107 Å². The van der Waals surface area contributed by atoms with Crippen molar-refractivity contribution in [3.63, 3.8) is 0 Å². The summed E-state index contributed by atoms with van der Waals surface area (Å²) in [4.78, 5) is 4.28. The first-order chi connectivity index (χ1) is 8.57. The van der Waals surface area contributed by atoms with E-state index in [1.807, 2.05) is 0 Å². The molecule has 98 valence electrons. The largest absolute Gasteiger partial charge is 0.369 e. The van der Waals surface area contributed by atoms with Gasteiger partial charge in [0, 0.05) is 11.6 Å². The van der Waals surface area contributed by atoms with Crippen molar-refractivity contribution in [2.75, 3.05) is 5.73 Å². The first-order valence-electron chi connectivity index (χ1n) is 6.52. The first kappa shape index (κ1) is 12.9. The summed E-state index contributed by atoms with van der Waals surface area (Å²) in [6.45, 7) is 6.46. The van der Waals surface area contributed by atoms with Gasteiger partial charge >= 0.3 is 0 Å². The van der Waals surface area contributed by atoms with E-state index in [0.717, 1.165) is 24.8 Å². The second-order valence-electron chi connectivity index (χ2n) is 4.72. The van der Waals surface area contributed by atoms with E-state index in [1.165, 1.54) is 12.1 Å². The van der Waals surface area contributed by atoms with Crippen molar-refractivity contribution in [1.29, 1.82) is 0 Å². The zero-order valence-corrected chi connectivity index (χ0v) is 11.2. The Morgan fingerprint density at radius 1 is 1.22 bits per heavy atom. The molecule has 1 aromatic carbocycles. The van der Waals surface area contributed by atoms with Crippen molar-refractivity contribution in [1.82, 2.24) is 9.55 Å². The number of rotatable bonds is 4. The number of nitrogen functional groups attached to an aromatic ring is 1. The second-order valence-corrected chi connectivity index (χ2v) is 4.72. The van der Waals surface area contributed by atoms with Crippen LogP contribution in [0.2, 0.25) is 0 Å². The Morgan fingerprint density at radius 3 is 2.39 bits per heavy atom. The molecule has 0 spiro atoms. The molecule has 0 aliphatic rings. The van der Waals surface area contributed by atoms with Gasteiger partial charge in [0.15, 0.2) is 0 Å². The summed E-state index contributed by atoms with van der Waals surface area (Å²) >= 11 is 0. The molecule has 0 saturated carbocycles.